The summed E-state index contributed by atoms with van der Waals surface area (Å²) in [6, 6.07) is 3.32. The molecule has 1 aromatic carbocycles. The minimum absolute atomic E-state index is 0.0672. The Morgan fingerprint density at radius 1 is 1.17 bits per heavy atom. The number of unbranched alkanes of at least 4 members (excludes halogenated alkanes) is 1. The number of fused-ring (bicyclic) bond motifs is 1. The van der Waals surface area contributed by atoms with Crippen molar-refractivity contribution in [2.45, 2.75) is 32.1 Å². The molecular weight excluding hydrogens is 229 g/mol. The number of ether oxygens (including phenoxy) is 1. The maximum absolute atomic E-state index is 13.5. The highest BCUT2D eigenvalue weighted by Gasteiger charge is 2.19. The van der Waals surface area contributed by atoms with Crippen LogP contribution >= 0.6 is 0 Å². The summed E-state index contributed by atoms with van der Waals surface area (Å²) in [6.07, 6.45) is 5.05. The zero-order valence-corrected chi connectivity index (χ0v) is 11.3. The molecule has 0 saturated carbocycles. The second kappa shape index (κ2) is 6.19. The quantitative estimate of drug-likeness (QED) is 0.721. The molecule has 2 rings (SSSR count). The summed E-state index contributed by atoms with van der Waals surface area (Å²) < 4.78 is 19.3. The molecule has 0 amide bonds. The van der Waals surface area contributed by atoms with E-state index in [2.05, 4.69) is 19.0 Å². The lowest BCUT2D eigenvalue weighted by Gasteiger charge is -2.12. The van der Waals surface area contributed by atoms with E-state index in [4.69, 9.17) is 4.74 Å². The van der Waals surface area contributed by atoms with Gasteiger partial charge in [-0.3, -0.25) is 0 Å². The molecule has 0 N–H and O–H groups in total. The highest BCUT2D eigenvalue weighted by Crippen LogP contribution is 2.32. The van der Waals surface area contributed by atoms with Crippen LogP contribution in [0.4, 0.5) is 4.39 Å². The summed E-state index contributed by atoms with van der Waals surface area (Å²) in [4.78, 5) is 2.18. The standard InChI is InChI=1S/C15H22FNO/c1-17(2)10-3-4-11-18-15-9-8-14(16)12-6-5-7-13(12)15/h8-9H,3-7,10-11H2,1-2H3. The Morgan fingerprint density at radius 2 is 1.94 bits per heavy atom. The second-order valence-electron chi connectivity index (χ2n) is 5.22. The molecule has 0 saturated heterocycles. The minimum Gasteiger partial charge on any atom is -0.493 e. The molecule has 100 valence electrons. The number of rotatable bonds is 6. The number of benzene rings is 1. The third-order valence-electron chi connectivity index (χ3n) is 3.44. The summed E-state index contributed by atoms with van der Waals surface area (Å²) >= 11 is 0. The van der Waals surface area contributed by atoms with Crippen LogP contribution in [0, 0.1) is 5.82 Å². The van der Waals surface area contributed by atoms with Crippen molar-refractivity contribution in [3.63, 3.8) is 0 Å². The van der Waals surface area contributed by atoms with Gasteiger partial charge in [-0.25, -0.2) is 4.39 Å². The molecule has 18 heavy (non-hydrogen) atoms. The number of hydrogen-bond acceptors (Lipinski definition) is 2. The fraction of sp³-hybridized carbons (Fsp3) is 0.600. The molecule has 3 heteroatoms. The first kappa shape index (κ1) is 13.3. The fourth-order valence-electron chi connectivity index (χ4n) is 2.48. The van der Waals surface area contributed by atoms with Crippen molar-refractivity contribution < 1.29 is 9.13 Å². The molecule has 0 unspecified atom stereocenters. The van der Waals surface area contributed by atoms with Gasteiger partial charge in [0.25, 0.3) is 0 Å². The maximum Gasteiger partial charge on any atom is 0.126 e. The molecule has 0 bridgehead atoms. The molecule has 0 heterocycles. The van der Waals surface area contributed by atoms with E-state index in [9.17, 15) is 4.39 Å². The van der Waals surface area contributed by atoms with Gasteiger partial charge in [-0.2, -0.15) is 0 Å². The molecule has 0 spiro atoms. The first-order chi connectivity index (χ1) is 8.68. The number of nitrogens with zero attached hydrogens (tertiary/aromatic N) is 1. The summed E-state index contributed by atoms with van der Waals surface area (Å²) in [5, 5.41) is 0. The summed E-state index contributed by atoms with van der Waals surface area (Å²) in [7, 11) is 4.15. The Morgan fingerprint density at radius 3 is 2.72 bits per heavy atom. The van der Waals surface area contributed by atoms with Crippen LogP contribution < -0.4 is 4.74 Å². The van der Waals surface area contributed by atoms with Crippen LogP contribution in [0.2, 0.25) is 0 Å². The van der Waals surface area contributed by atoms with Gasteiger partial charge in [0.15, 0.2) is 0 Å². The van der Waals surface area contributed by atoms with Crippen molar-refractivity contribution in [3.8, 4) is 5.75 Å². The average molecular weight is 251 g/mol. The van der Waals surface area contributed by atoms with Crippen LogP contribution in [0.3, 0.4) is 0 Å². The molecule has 1 aromatic rings. The Kier molecular flexibility index (Phi) is 4.59. The van der Waals surface area contributed by atoms with Crippen LogP contribution in [-0.4, -0.2) is 32.1 Å². The Bertz CT molecular complexity index is 404. The van der Waals surface area contributed by atoms with Crippen molar-refractivity contribution in [2.24, 2.45) is 0 Å². The predicted molar refractivity (Wildman–Crippen MR) is 71.7 cm³/mol. The molecule has 0 fully saturated rings. The van der Waals surface area contributed by atoms with Crippen molar-refractivity contribution in [1.82, 2.24) is 4.90 Å². The lowest BCUT2D eigenvalue weighted by Crippen LogP contribution is -2.13. The predicted octanol–water partition coefficient (Wildman–Crippen LogP) is 3.04. The Labute approximate surface area is 109 Å². The first-order valence-electron chi connectivity index (χ1n) is 6.76. The summed E-state index contributed by atoms with van der Waals surface area (Å²) in [5.41, 5.74) is 1.98. The van der Waals surface area contributed by atoms with Crippen molar-refractivity contribution in [3.05, 3.63) is 29.1 Å². The van der Waals surface area contributed by atoms with E-state index in [1.807, 2.05) is 0 Å². The van der Waals surface area contributed by atoms with E-state index in [1.165, 1.54) is 0 Å². The van der Waals surface area contributed by atoms with Gasteiger partial charge in [0, 0.05) is 5.56 Å². The molecule has 1 aliphatic rings. The Balaban J connectivity index is 1.85. The highest BCUT2D eigenvalue weighted by atomic mass is 19.1. The first-order valence-corrected chi connectivity index (χ1v) is 6.76. The van der Waals surface area contributed by atoms with Crippen molar-refractivity contribution in [2.75, 3.05) is 27.2 Å². The Hall–Kier alpha value is -1.09. The second-order valence-corrected chi connectivity index (χ2v) is 5.22. The van der Waals surface area contributed by atoms with Crippen LogP contribution in [0.15, 0.2) is 12.1 Å². The highest BCUT2D eigenvalue weighted by molar-refractivity contribution is 5.43. The third kappa shape index (κ3) is 3.22. The van der Waals surface area contributed by atoms with E-state index in [0.29, 0.717) is 0 Å². The minimum atomic E-state index is -0.0672. The van der Waals surface area contributed by atoms with Gasteiger partial charge in [0.1, 0.15) is 11.6 Å². The molecule has 0 radical (unpaired) electrons. The van der Waals surface area contributed by atoms with Crippen LogP contribution in [0.25, 0.3) is 0 Å². The van der Waals surface area contributed by atoms with Gasteiger partial charge in [-0.1, -0.05) is 0 Å². The fourth-order valence-corrected chi connectivity index (χ4v) is 2.48. The number of halogens is 1. The van der Waals surface area contributed by atoms with Crippen LogP contribution in [0.5, 0.6) is 5.75 Å². The third-order valence-corrected chi connectivity index (χ3v) is 3.44. The molecule has 1 aliphatic carbocycles. The van der Waals surface area contributed by atoms with E-state index in [1.54, 1.807) is 12.1 Å². The normalized spacial score (nSPS) is 14.0. The monoisotopic (exact) mass is 251 g/mol. The van der Waals surface area contributed by atoms with Gasteiger partial charge in [-0.15, -0.1) is 0 Å². The van der Waals surface area contributed by atoms with E-state index in [0.717, 1.165) is 62.1 Å². The molecular formula is C15H22FNO. The van der Waals surface area contributed by atoms with Gasteiger partial charge in [-0.05, 0) is 70.4 Å². The van der Waals surface area contributed by atoms with E-state index < -0.39 is 0 Å². The molecule has 2 nitrogen and oxygen atoms in total. The van der Waals surface area contributed by atoms with E-state index >= 15 is 0 Å². The smallest absolute Gasteiger partial charge is 0.126 e. The maximum atomic E-state index is 13.5. The van der Waals surface area contributed by atoms with Gasteiger partial charge >= 0.3 is 0 Å². The van der Waals surface area contributed by atoms with Gasteiger partial charge < -0.3 is 9.64 Å². The van der Waals surface area contributed by atoms with Crippen LogP contribution in [-0.2, 0) is 12.8 Å². The molecule has 0 aromatic heterocycles. The summed E-state index contributed by atoms with van der Waals surface area (Å²) in [6.45, 7) is 1.82. The van der Waals surface area contributed by atoms with Gasteiger partial charge in [0.2, 0.25) is 0 Å². The SMILES string of the molecule is CN(C)CCCCOc1ccc(F)c2c1CCC2. The lowest BCUT2D eigenvalue weighted by atomic mass is 10.1. The van der Waals surface area contributed by atoms with Gasteiger partial charge in [0.05, 0.1) is 6.61 Å². The topological polar surface area (TPSA) is 12.5 Å². The average Bonchev–Trinajstić information content (AvgIpc) is 2.81. The van der Waals surface area contributed by atoms with Crippen LogP contribution in [0.1, 0.15) is 30.4 Å². The zero-order chi connectivity index (χ0) is 13.0. The molecule has 0 atom stereocenters. The van der Waals surface area contributed by atoms with E-state index in [-0.39, 0.29) is 5.82 Å². The molecule has 0 aliphatic heterocycles. The lowest BCUT2D eigenvalue weighted by molar-refractivity contribution is 0.290. The summed E-state index contributed by atoms with van der Waals surface area (Å²) in [5.74, 6) is 0.830. The van der Waals surface area contributed by atoms with Crippen molar-refractivity contribution >= 4 is 0 Å². The van der Waals surface area contributed by atoms with Crippen molar-refractivity contribution in [1.29, 1.82) is 0 Å². The number of hydrogen-bond donors (Lipinski definition) is 0. The largest absolute Gasteiger partial charge is 0.493 e. The zero-order valence-electron chi connectivity index (χ0n) is 11.3.